The van der Waals surface area contributed by atoms with Crippen molar-refractivity contribution in [1.82, 2.24) is 0 Å². The first-order valence-corrected chi connectivity index (χ1v) is 11.4. The van der Waals surface area contributed by atoms with Crippen LogP contribution in [0.25, 0.3) is 0 Å². The minimum atomic E-state index is -8.26. The molecule has 1 aromatic carbocycles. The second-order valence-corrected chi connectivity index (χ2v) is 10.5. The van der Waals surface area contributed by atoms with Crippen LogP contribution in [-0.4, -0.2) is 52.3 Å². The monoisotopic (exact) mass is 762 g/mol. The first-order valence-electron chi connectivity index (χ1n) is 7.80. The Labute approximate surface area is 208 Å². The quantitative estimate of drug-likeness (QED) is 0.0851. The Morgan fingerprint density at radius 2 is 0.744 bits per heavy atom. The van der Waals surface area contributed by atoms with E-state index in [0.29, 0.717) is 0 Å². The van der Waals surface area contributed by atoms with E-state index in [0.717, 1.165) is 0 Å². The lowest BCUT2D eigenvalue weighted by molar-refractivity contribution is -0.794. The number of hydrogen-bond donors (Lipinski definition) is 0. The van der Waals surface area contributed by atoms with Crippen molar-refractivity contribution in [3.05, 3.63) is 32.7 Å². The van der Waals surface area contributed by atoms with Crippen LogP contribution in [0, 0.1) is 32.7 Å². The molecule has 0 unspecified atom stereocenters. The third-order valence-electron chi connectivity index (χ3n) is 3.55. The van der Waals surface area contributed by atoms with Crippen molar-refractivity contribution in [2.45, 2.75) is 39.3 Å². The van der Waals surface area contributed by atoms with Gasteiger partial charge in [-0.3, -0.25) is 0 Å². The molecule has 0 spiro atoms. The van der Waals surface area contributed by atoms with Gasteiger partial charge in [-0.25, -0.2) is 21.6 Å². The van der Waals surface area contributed by atoms with Gasteiger partial charge in [0.25, 0.3) is 3.57 Å². The van der Waals surface area contributed by atoms with Crippen molar-refractivity contribution in [3.8, 4) is 0 Å². The summed E-state index contributed by atoms with van der Waals surface area (Å²) in [5.74, 6) is -48.1. The maximum atomic E-state index is 13.6. The SMILES string of the molecule is Fc1c(F)c(F)c([I+]C(F)(F)C(F)(F)C(F)(F)C(F)(F)C(F)(F)C(F)(F)F)c(F)c1F.O=S(=O)([O-])C(F)(F)F. The van der Waals surface area contributed by atoms with Crippen LogP contribution in [0.5, 0.6) is 0 Å². The highest BCUT2D eigenvalue weighted by Gasteiger charge is 2.93. The Morgan fingerprint density at radius 1 is 0.487 bits per heavy atom. The van der Waals surface area contributed by atoms with E-state index in [1.54, 1.807) is 0 Å². The highest BCUT2D eigenvalue weighted by molar-refractivity contribution is 7.86. The van der Waals surface area contributed by atoms with E-state index >= 15 is 0 Å². The molecular formula is C13F21IO3S. The first-order chi connectivity index (χ1) is 16.6. The summed E-state index contributed by atoms with van der Waals surface area (Å²) in [5.41, 5.74) is -5.65. The van der Waals surface area contributed by atoms with Gasteiger partial charge >= 0.3 is 60.5 Å². The largest absolute Gasteiger partial charge is 0.741 e. The molecule has 0 aliphatic rings. The molecule has 0 N–H and O–H groups in total. The number of alkyl halides is 17. The van der Waals surface area contributed by atoms with Gasteiger partial charge in [-0.2, -0.15) is 79.0 Å². The molecule has 1 rings (SSSR count). The fourth-order valence-corrected chi connectivity index (χ4v) is 3.89. The molecule has 0 aliphatic heterocycles. The molecule has 0 fully saturated rings. The Morgan fingerprint density at radius 3 is 1.00 bits per heavy atom. The van der Waals surface area contributed by atoms with E-state index in [-0.39, 0.29) is 0 Å². The summed E-state index contributed by atoms with van der Waals surface area (Å²) in [6, 6.07) is 0. The number of hydrogen-bond acceptors (Lipinski definition) is 3. The van der Waals surface area contributed by atoms with Gasteiger partial charge < -0.3 is 4.55 Å². The third kappa shape index (κ3) is 6.50. The molecule has 3 nitrogen and oxygen atoms in total. The highest BCUT2D eigenvalue weighted by atomic mass is 127. The molecule has 0 bridgehead atoms. The van der Waals surface area contributed by atoms with Crippen LogP contribution in [-0.2, 0) is 10.1 Å². The summed E-state index contributed by atoms with van der Waals surface area (Å²) in [6.45, 7) is 0. The van der Waals surface area contributed by atoms with Crippen molar-refractivity contribution >= 4 is 10.1 Å². The first kappa shape index (κ1) is 37.4. The van der Waals surface area contributed by atoms with Crippen LogP contribution in [0.1, 0.15) is 0 Å². The topological polar surface area (TPSA) is 57.2 Å². The Hall–Kier alpha value is -1.61. The summed E-state index contributed by atoms with van der Waals surface area (Å²) >= 11 is -5.00. The van der Waals surface area contributed by atoms with Crippen molar-refractivity contribution < 1.29 is 126 Å². The number of rotatable bonds is 6. The van der Waals surface area contributed by atoms with Gasteiger partial charge in [0.2, 0.25) is 29.1 Å². The van der Waals surface area contributed by atoms with Crippen LogP contribution < -0.4 is 21.2 Å². The minimum Gasteiger partial charge on any atom is -0.741 e. The molecule has 0 radical (unpaired) electrons. The molecule has 0 aliphatic carbocycles. The standard InChI is InChI=1S/C12F18I.CHF3O3S/c13-1-2(14)4(16)6(5(17)3(1)15)31-12(29,30)10(24,25)8(20,21)7(18,19)9(22,23)11(26,27)28;2-1(3,4)8(5,6)7/h;(H,5,6,7)/q+1;/p-1. The third-order valence-corrected chi connectivity index (χ3v) is 6.96. The fourth-order valence-electron chi connectivity index (χ4n) is 1.59. The summed E-state index contributed by atoms with van der Waals surface area (Å²) in [5, 5.41) is 0. The van der Waals surface area contributed by atoms with Gasteiger partial charge in [-0.15, -0.1) is 0 Å². The van der Waals surface area contributed by atoms with Crippen LogP contribution in [0.2, 0.25) is 0 Å². The normalized spacial score (nSPS) is 14.7. The van der Waals surface area contributed by atoms with Crippen molar-refractivity contribution in [2.24, 2.45) is 0 Å². The van der Waals surface area contributed by atoms with Crippen LogP contribution in [0.4, 0.5) is 92.2 Å². The van der Waals surface area contributed by atoms with E-state index in [9.17, 15) is 92.2 Å². The maximum absolute atomic E-state index is 13.6. The lowest BCUT2D eigenvalue weighted by Crippen LogP contribution is -3.68. The van der Waals surface area contributed by atoms with Gasteiger partial charge in [0.15, 0.2) is 10.1 Å². The molecule has 1 aromatic rings. The summed E-state index contributed by atoms with van der Waals surface area (Å²) in [4.78, 5) is 0. The Kier molecular flexibility index (Phi) is 10.2. The zero-order chi connectivity index (χ0) is 32.2. The van der Waals surface area contributed by atoms with Crippen molar-refractivity contribution in [3.63, 3.8) is 0 Å². The smallest absolute Gasteiger partial charge is 0.517 e. The highest BCUT2D eigenvalue weighted by Crippen LogP contribution is 2.59. The zero-order valence-corrected chi connectivity index (χ0v) is 19.4. The molecule has 26 heteroatoms. The number of halogens is 22. The molecule has 0 amide bonds. The average molecular weight is 762 g/mol. The molecule has 230 valence electrons. The molecule has 0 heterocycles. The van der Waals surface area contributed by atoms with Crippen LogP contribution in [0.3, 0.4) is 0 Å². The number of benzene rings is 1. The molecule has 0 saturated carbocycles. The maximum Gasteiger partial charge on any atom is 0.517 e. The second-order valence-electron chi connectivity index (χ2n) is 6.17. The van der Waals surface area contributed by atoms with Gasteiger partial charge in [0, 0.05) is 0 Å². The lowest BCUT2D eigenvalue weighted by Gasteiger charge is -2.36. The zero-order valence-electron chi connectivity index (χ0n) is 16.4. The van der Waals surface area contributed by atoms with E-state index in [1.165, 1.54) is 0 Å². The summed E-state index contributed by atoms with van der Waals surface area (Å²) < 4.78 is 282. The molecule has 0 atom stereocenters. The van der Waals surface area contributed by atoms with E-state index in [1.807, 2.05) is 0 Å². The van der Waals surface area contributed by atoms with Gasteiger partial charge in [0.05, 0.1) is 0 Å². The summed E-state index contributed by atoms with van der Waals surface area (Å²) in [6.07, 6.45) is -7.66. The molecule has 39 heavy (non-hydrogen) atoms. The Balaban J connectivity index is 0.00000156. The van der Waals surface area contributed by atoms with Crippen LogP contribution >= 0.6 is 0 Å². The van der Waals surface area contributed by atoms with E-state index < -0.39 is 103 Å². The molecule has 0 saturated heterocycles. The fraction of sp³-hybridized carbons (Fsp3) is 0.538. The average Bonchev–Trinajstić information content (AvgIpc) is 2.71. The van der Waals surface area contributed by atoms with Gasteiger partial charge in [-0.1, -0.05) is 0 Å². The molecule has 0 aromatic heterocycles. The lowest BCUT2D eigenvalue weighted by atomic mass is 9.98. The van der Waals surface area contributed by atoms with Crippen molar-refractivity contribution in [2.75, 3.05) is 0 Å². The van der Waals surface area contributed by atoms with Crippen LogP contribution in [0.15, 0.2) is 0 Å². The predicted molar refractivity (Wildman–Crippen MR) is 71.5 cm³/mol. The summed E-state index contributed by atoms with van der Waals surface area (Å²) in [7, 11) is -6.09. The van der Waals surface area contributed by atoms with E-state index in [4.69, 9.17) is 13.0 Å². The predicted octanol–water partition coefficient (Wildman–Crippen LogP) is 3.39. The second kappa shape index (κ2) is 10.7. The minimum absolute atomic E-state index is 2.86. The van der Waals surface area contributed by atoms with Crippen molar-refractivity contribution in [1.29, 1.82) is 0 Å². The Bertz CT molecular complexity index is 1140. The van der Waals surface area contributed by atoms with Gasteiger partial charge in [0.1, 0.15) is 0 Å². The van der Waals surface area contributed by atoms with Gasteiger partial charge in [-0.05, 0) is 0 Å². The molecular weight excluding hydrogens is 762 g/mol. The van der Waals surface area contributed by atoms with E-state index in [2.05, 4.69) is 0 Å².